The van der Waals surface area contributed by atoms with Crippen LogP contribution in [0.5, 0.6) is 11.6 Å². The molecule has 3 heterocycles. The fourth-order valence-corrected chi connectivity index (χ4v) is 5.44. The molecule has 2 aromatic carbocycles. The van der Waals surface area contributed by atoms with E-state index in [-0.39, 0.29) is 41.5 Å². The van der Waals surface area contributed by atoms with Gasteiger partial charge in [0.15, 0.2) is 11.4 Å². The van der Waals surface area contributed by atoms with Gasteiger partial charge in [-0.15, -0.1) is 0 Å². The standard InChI is InChI=1S/C28H26F2N4O4/c1-32-26(36)19-15-34-27(37-11-10-35)25(30)24(19)23-17-13-28(22-8-5-9-33-22,16-6-3-2-4-7-16)38-21(17)12-20(29)18(23)14-31/h2-4,6-7,12,15,22,33,35H,5,8-11,13H2,1H3,(H,32,36)/t22-,28-/m0/s1. The van der Waals surface area contributed by atoms with Crippen LogP contribution in [0.4, 0.5) is 8.78 Å². The van der Waals surface area contributed by atoms with Crippen LogP contribution >= 0.6 is 0 Å². The number of carbonyl (C=O) groups is 1. The summed E-state index contributed by atoms with van der Waals surface area (Å²) in [6.07, 6.45) is 3.05. The van der Waals surface area contributed by atoms with E-state index in [9.17, 15) is 10.1 Å². The maximum atomic E-state index is 16.0. The second kappa shape index (κ2) is 10.4. The van der Waals surface area contributed by atoms with Crippen molar-refractivity contribution in [1.29, 1.82) is 5.26 Å². The molecule has 1 saturated heterocycles. The number of nitrogens with one attached hydrogen (secondary N) is 2. The molecule has 0 aliphatic carbocycles. The van der Waals surface area contributed by atoms with Crippen molar-refractivity contribution in [3.63, 3.8) is 0 Å². The van der Waals surface area contributed by atoms with Crippen LogP contribution in [-0.4, -0.2) is 48.8 Å². The fourth-order valence-electron chi connectivity index (χ4n) is 5.44. The van der Waals surface area contributed by atoms with Gasteiger partial charge in [-0.2, -0.15) is 5.26 Å². The third-order valence-electron chi connectivity index (χ3n) is 7.11. The second-order valence-corrected chi connectivity index (χ2v) is 9.20. The number of rotatable bonds is 7. The number of halogens is 2. The molecule has 8 nitrogen and oxygen atoms in total. The SMILES string of the molecule is CNC(=O)c1cnc(OCCO)c(F)c1-c1c(C#N)c(F)cc2c1C[C@](c1ccccc1)([C@@H]1CCCN1)O2. The van der Waals surface area contributed by atoms with Gasteiger partial charge in [-0.1, -0.05) is 30.3 Å². The zero-order chi connectivity index (χ0) is 26.9. The number of benzene rings is 2. The Morgan fingerprint density at radius 1 is 1.34 bits per heavy atom. The normalized spacial score (nSPS) is 19.9. The van der Waals surface area contributed by atoms with Gasteiger partial charge in [0, 0.05) is 42.4 Å². The molecule has 1 fully saturated rings. The summed E-state index contributed by atoms with van der Waals surface area (Å²) < 4.78 is 43.3. The first-order valence-electron chi connectivity index (χ1n) is 12.3. The summed E-state index contributed by atoms with van der Waals surface area (Å²) in [7, 11) is 1.37. The maximum Gasteiger partial charge on any atom is 0.253 e. The van der Waals surface area contributed by atoms with Crippen LogP contribution in [0.3, 0.4) is 0 Å². The van der Waals surface area contributed by atoms with Crippen molar-refractivity contribution < 1.29 is 28.2 Å². The number of aliphatic hydroxyl groups excluding tert-OH is 1. The molecule has 0 unspecified atom stereocenters. The van der Waals surface area contributed by atoms with Gasteiger partial charge in [0.25, 0.3) is 11.8 Å². The highest BCUT2D eigenvalue weighted by Crippen LogP contribution is 2.51. The molecule has 3 aromatic rings. The van der Waals surface area contributed by atoms with E-state index in [2.05, 4.69) is 15.6 Å². The van der Waals surface area contributed by atoms with E-state index in [1.807, 2.05) is 36.4 Å². The molecule has 10 heteroatoms. The highest BCUT2D eigenvalue weighted by molar-refractivity contribution is 6.02. The molecule has 1 amide bonds. The molecule has 0 bridgehead atoms. The lowest BCUT2D eigenvalue weighted by Crippen LogP contribution is -2.48. The number of aromatic nitrogens is 1. The first kappa shape index (κ1) is 25.6. The summed E-state index contributed by atoms with van der Waals surface area (Å²) in [6, 6.07) is 12.4. The predicted octanol–water partition coefficient (Wildman–Crippen LogP) is 3.21. The zero-order valence-electron chi connectivity index (χ0n) is 20.7. The Kier molecular flexibility index (Phi) is 6.97. The number of aliphatic hydroxyl groups is 1. The fraction of sp³-hybridized carbons (Fsp3) is 0.321. The number of nitriles is 1. The van der Waals surface area contributed by atoms with Crippen molar-refractivity contribution in [3.05, 3.63) is 76.5 Å². The molecule has 196 valence electrons. The van der Waals surface area contributed by atoms with Crippen LogP contribution < -0.4 is 20.1 Å². The molecular formula is C28H26F2N4O4. The highest BCUT2D eigenvalue weighted by Gasteiger charge is 2.50. The number of hydrogen-bond acceptors (Lipinski definition) is 7. The van der Waals surface area contributed by atoms with Crippen LogP contribution in [0, 0.1) is 23.0 Å². The third kappa shape index (κ3) is 4.14. The van der Waals surface area contributed by atoms with Crippen molar-refractivity contribution >= 4 is 5.91 Å². The Balaban J connectivity index is 1.78. The van der Waals surface area contributed by atoms with Gasteiger partial charge in [0.05, 0.1) is 23.8 Å². The van der Waals surface area contributed by atoms with Crippen LogP contribution in [0.2, 0.25) is 0 Å². The molecule has 3 N–H and O–H groups in total. The number of pyridine rings is 1. The molecule has 0 spiro atoms. The molecule has 2 aliphatic heterocycles. The Morgan fingerprint density at radius 3 is 2.79 bits per heavy atom. The molecule has 2 atom stereocenters. The number of amides is 1. The third-order valence-corrected chi connectivity index (χ3v) is 7.11. The van der Waals surface area contributed by atoms with Crippen LogP contribution in [0.15, 0.2) is 42.6 Å². The molecule has 5 rings (SSSR count). The van der Waals surface area contributed by atoms with Gasteiger partial charge in [0.2, 0.25) is 0 Å². The summed E-state index contributed by atoms with van der Waals surface area (Å²) in [6.45, 7) is 0.145. The minimum Gasteiger partial charge on any atom is -0.480 e. The monoisotopic (exact) mass is 520 g/mol. The van der Waals surface area contributed by atoms with E-state index in [1.54, 1.807) is 0 Å². The van der Waals surface area contributed by atoms with E-state index in [0.717, 1.165) is 37.2 Å². The summed E-state index contributed by atoms with van der Waals surface area (Å²) in [4.78, 5) is 16.7. The minimum absolute atomic E-state index is 0.0781. The Hall–Kier alpha value is -4.07. The van der Waals surface area contributed by atoms with Gasteiger partial charge < -0.3 is 25.2 Å². The summed E-state index contributed by atoms with van der Waals surface area (Å²) in [5.41, 5.74) is -0.682. The average molecular weight is 521 g/mol. The van der Waals surface area contributed by atoms with Gasteiger partial charge in [0.1, 0.15) is 24.2 Å². The lowest BCUT2D eigenvalue weighted by Gasteiger charge is -2.35. The number of hydrogen-bond donors (Lipinski definition) is 3. The molecule has 0 radical (unpaired) electrons. The van der Waals surface area contributed by atoms with E-state index in [4.69, 9.17) is 14.6 Å². The summed E-state index contributed by atoms with van der Waals surface area (Å²) in [5.74, 6) is -2.92. The van der Waals surface area contributed by atoms with Gasteiger partial charge in [-0.3, -0.25) is 4.79 Å². The van der Waals surface area contributed by atoms with E-state index < -0.39 is 41.2 Å². The second-order valence-electron chi connectivity index (χ2n) is 9.20. The zero-order valence-corrected chi connectivity index (χ0v) is 20.7. The van der Waals surface area contributed by atoms with E-state index in [0.29, 0.717) is 5.56 Å². The largest absolute Gasteiger partial charge is 0.480 e. The van der Waals surface area contributed by atoms with Crippen LogP contribution in [-0.2, 0) is 12.0 Å². The molecule has 2 aliphatic rings. The first-order chi connectivity index (χ1) is 18.4. The lowest BCUT2D eigenvalue weighted by atomic mass is 9.79. The van der Waals surface area contributed by atoms with E-state index in [1.165, 1.54) is 7.05 Å². The predicted molar refractivity (Wildman–Crippen MR) is 134 cm³/mol. The maximum absolute atomic E-state index is 16.0. The van der Waals surface area contributed by atoms with Crippen molar-refractivity contribution in [2.45, 2.75) is 30.9 Å². The smallest absolute Gasteiger partial charge is 0.253 e. The van der Waals surface area contributed by atoms with Gasteiger partial charge in [-0.05, 0) is 24.9 Å². The Bertz CT molecular complexity index is 1420. The number of fused-ring (bicyclic) bond motifs is 1. The number of nitrogens with zero attached hydrogens (tertiary/aromatic N) is 2. The molecular weight excluding hydrogens is 494 g/mol. The van der Waals surface area contributed by atoms with Crippen molar-refractivity contribution in [2.75, 3.05) is 26.8 Å². The van der Waals surface area contributed by atoms with Crippen LogP contribution in [0.25, 0.3) is 11.1 Å². The topological polar surface area (TPSA) is 117 Å². The molecule has 1 aromatic heterocycles. The first-order valence-corrected chi connectivity index (χ1v) is 12.3. The van der Waals surface area contributed by atoms with Crippen molar-refractivity contribution in [3.8, 4) is 28.8 Å². The van der Waals surface area contributed by atoms with Crippen molar-refractivity contribution in [1.82, 2.24) is 15.6 Å². The Morgan fingerprint density at radius 2 is 2.13 bits per heavy atom. The minimum atomic E-state index is -1.04. The van der Waals surface area contributed by atoms with E-state index >= 15 is 8.78 Å². The quantitative estimate of drug-likeness (QED) is 0.438. The van der Waals surface area contributed by atoms with Gasteiger partial charge in [-0.25, -0.2) is 13.8 Å². The molecule has 38 heavy (non-hydrogen) atoms. The summed E-state index contributed by atoms with van der Waals surface area (Å²) in [5, 5.41) is 25.1. The average Bonchev–Trinajstić information content (AvgIpc) is 3.61. The van der Waals surface area contributed by atoms with Gasteiger partial charge >= 0.3 is 0 Å². The molecule has 0 saturated carbocycles. The number of carbonyl (C=O) groups excluding carboxylic acids is 1. The lowest BCUT2D eigenvalue weighted by molar-refractivity contribution is 0.0539. The van der Waals surface area contributed by atoms with Crippen LogP contribution in [0.1, 0.15) is 39.9 Å². The summed E-state index contributed by atoms with van der Waals surface area (Å²) >= 11 is 0. The highest BCUT2D eigenvalue weighted by atomic mass is 19.1. The van der Waals surface area contributed by atoms with Crippen molar-refractivity contribution in [2.24, 2.45) is 0 Å². The Labute approximate surface area is 218 Å². The number of ether oxygens (including phenoxy) is 2.